The minimum absolute atomic E-state index is 0.0125. The van der Waals surface area contributed by atoms with Gasteiger partial charge in [-0.1, -0.05) is 69.5 Å². The monoisotopic (exact) mass is 1150 g/mol. The minimum Gasteiger partial charge on any atom is -0.368 e. The highest BCUT2D eigenvalue weighted by atomic mass is 32.2. The van der Waals surface area contributed by atoms with Crippen LogP contribution >= 0.6 is 11.8 Å². The number of sulfone groups is 1. The van der Waals surface area contributed by atoms with Crippen molar-refractivity contribution in [1.82, 2.24) is 53.5 Å². The van der Waals surface area contributed by atoms with Crippen molar-refractivity contribution in [2.75, 3.05) is 79.1 Å². The molecule has 14 rings (SSSR count). The Morgan fingerprint density at radius 2 is 1.05 bits per heavy atom. The van der Waals surface area contributed by atoms with Crippen LogP contribution in [0.5, 0.6) is 0 Å². The molecule has 0 atom stereocenters. The Hall–Kier alpha value is -6.87. The number of hydrogen-bond donors (Lipinski definition) is 6. The van der Waals surface area contributed by atoms with E-state index in [4.69, 9.17) is 21.9 Å². The number of halogens is 1. The van der Waals surface area contributed by atoms with Crippen LogP contribution in [0.4, 0.5) is 39.3 Å². The Kier molecular flexibility index (Phi) is 16.5. The predicted octanol–water partition coefficient (Wildman–Crippen LogP) is 8.92. The molecular weight excluding hydrogens is 1080 g/mol. The summed E-state index contributed by atoms with van der Waals surface area (Å²) in [6.07, 6.45) is 28.2. The summed E-state index contributed by atoms with van der Waals surface area (Å²) in [4.78, 5) is 72.7. The van der Waals surface area contributed by atoms with Crippen molar-refractivity contribution in [3.8, 4) is 0 Å². The number of fused-ring (bicyclic) bond motifs is 12. The maximum Gasteiger partial charge on any atom is 0.248 e. The van der Waals surface area contributed by atoms with E-state index < -0.39 is 17.0 Å². The zero-order chi connectivity index (χ0) is 57.8. The van der Waals surface area contributed by atoms with Gasteiger partial charge in [0.05, 0.1) is 56.3 Å². The van der Waals surface area contributed by atoms with Crippen LogP contribution < -0.4 is 26.2 Å². The lowest BCUT2D eigenvalue weighted by atomic mass is 9.78. The molecule has 7 aliphatic rings. The van der Waals surface area contributed by atoms with Gasteiger partial charge in [-0.15, -0.1) is 0 Å². The SMILES string of the molecule is CN1CCN(c2ccc(Nc3ncc4cc5n(c4n3)C3(CCCCC3)CC(=O)N5)nc2)CC1.CS(=O)(=O)c1ncc2cc3n(c2n1)C1(CCCCC1)CC(=O)N3.CSc1ncc2cc3n(c2n1)C1(CCCCC1)CC(=O)N3.OO.[2H]CF. The standard InChI is InChI=1S/C24H30N8O.C15H18N4O3S.C15H18N4OS.CH3F.H2O2/c1-30-9-11-31(12-10-30)18-5-6-19(25-16-18)27-23-26-15-17-13-20-28-21(33)14-24(7-3-2-4-8-24)32(20)22(17)29-23;1-23(21,22)14-16-9-10-7-11-17-12(20)8-15(5-3-2-4-6-15)19(11)13(10)18-14;1-21-14-16-9-10-7-11-17-12(20)8-15(5-3-2-4-6-15)19(11)13(10)18-14;2*1-2/h5-6,13,15-16H,2-4,7-12,14H2,1H3,(H,28,33)(H,25,26,27,29);7,9H,2-6,8H2,1H3,(H,17,20);7,9H,2-6,8H2,1H3,(H,17,20);1H3;1-2H/i;;;1D;. The zero-order valence-corrected chi connectivity index (χ0v) is 47.6. The number of hydrogen-bond acceptors (Lipinski definition) is 18. The van der Waals surface area contributed by atoms with Crippen LogP contribution in [0.15, 0.2) is 65.4 Å². The first-order chi connectivity index (χ1) is 39.6. The van der Waals surface area contributed by atoms with Crippen LogP contribution in [0.2, 0.25) is 0 Å². The third kappa shape index (κ3) is 11.5. The van der Waals surface area contributed by atoms with Gasteiger partial charge in [0.15, 0.2) is 5.16 Å². The fourth-order valence-electron chi connectivity index (χ4n) is 13.3. The lowest BCUT2D eigenvalue weighted by molar-refractivity contribution is -0.176. The fraction of sp³-hybridized carbons (Fsp3) is 0.527. The van der Waals surface area contributed by atoms with E-state index >= 15 is 0 Å². The van der Waals surface area contributed by atoms with Crippen LogP contribution in [-0.2, 0) is 40.8 Å². The van der Waals surface area contributed by atoms with E-state index in [0.29, 0.717) is 36.7 Å². The lowest BCUT2D eigenvalue weighted by Crippen LogP contribution is -2.44. The Balaban J connectivity index is 0.000000136. The van der Waals surface area contributed by atoms with Crippen LogP contribution in [0.3, 0.4) is 0 Å². The number of thioether (sulfide) groups is 1. The Morgan fingerprint density at radius 1 is 0.617 bits per heavy atom. The number of anilines is 6. The van der Waals surface area contributed by atoms with Crippen molar-refractivity contribution in [2.45, 2.75) is 143 Å². The molecule has 0 aromatic carbocycles. The number of rotatable bonds is 5. The quantitative estimate of drug-likeness (QED) is 0.0406. The van der Waals surface area contributed by atoms with Gasteiger partial charge in [0.2, 0.25) is 38.7 Å². The summed E-state index contributed by atoms with van der Waals surface area (Å²) in [5.41, 5.74) is 3.02. The molecule has 3 amide bonds. The highest BCUT2D eigenvalue weighted by Crippen LogP contribution is 2.48. The molecular formula is C55H71FN16O7S2. The average molecular weight is 1150 g/mol. The van der Waals surface area contributed by atoms with E-state index in [-0.39, 0.29) is 39.5 Å². The molecule has 4 fully saturated rings. The first-order valence-corrected chi connectivity index (χ1v) is 30.8. The van der Waals surface area contributed by atoms with Gasteiger partial charge >= 0.3 is 0 Å². The highest BCUT2D eigenvalue weighted by Gasteiger charge is 2.45. The first-order valence-electron chi connectivity index (χ1n) is 28.4. The van der Waals surface area contributed by atoms with Gasteiger partial charge in [-0.2, -0.15) is 9.97 Å². The smallest absolute Gasteiger partial charge is 0.248 e. The van der Waals surface area contributed by atoms with E-state index in [1.165, 1.54) is 38.3 Å². The van der Waals surface area contributed by atoms with Crippen molar-refractivity contribution in [2.24, 2.45) is 0 Å². The van der Waals surface area contributed by atoms with Crippen molar-refractivity contribution < 1.29 is 39.1 Å². The largest absolute Gasteiger partial charge is 0.368 e. The molecule has 81 heavy (non-hydrogen) atoms. The van der Waals surface area contributed by atoms with E-state index in [9.17, 15) is 27.2 Å². The van der Waals surface area contributed by atoms with E-state index in [2.05, 4.69) is 78.2 Å². The van der Waals surface area contributed by atoms with Crippen LogP contribution in [0.25, 0.3) is 33.1 Å². The molecule has 7 aromatic rings. The van der Waals surface area contributed by atoms with E-state index in [1.807, 2.05) is 53.7 Å². The number of likely N-dealkylation sites (N-methyl/N-ethyl adjacent to an activating group) is 1. The van der Waals surface area contributed by atoms with Gasteiger partial charge in [-0.25, -0.2) is 33.3 Å². The summed E-state index contributed by atoms with van der Waals surface area (Å²) in [6, 6.07) is 9.92. The zero-order valence-electron chi connectivity index (χ0n) is 47.0. The molecule has 3 aliphatic carbocycles. The molecule has 3 spiro atoms. The number of nitrogens with zero attached hydrogens (tertiary/aromatic N) is 12. The van der Waals surface area contributed by atoms with Crippen LogP contribution in [-0.4, -0.2) is 143 Å². The third-order valence-corrected chi connectivity index (χ3v) is 18.4. The Bertz CT molecular complexity index is 3570. The van der Waals surface area contributed by atoms with Gasteiger partial charge in [-0.3, -0.25) is 29.3 Å². The Morgan fingerprint density at radius 3 is 1.48 bits per heavy atom. The molecule has 0 radical (unpaired) electrons. The molecule has 7 aromatic heterocycles. The molecule has 6 N–H and O–H groups in total. The minimum atomic E-state index is -3.47. The second kappa shape index (κ2) is 23.9. The molecule has 432 valence electrons. The van der Waals surface area contributed by atoms with E-state index in [0.717, 1.165) is 152 Å². The molecule has 4 aliphatic heterocycles. The van der Waals surface area contributed by atoms with Gasteiger partial charge in [0.1, 0.15) is 40.2 Å². The summed E-state index contributed by atoms with van der Waals surface area (Å²) in [7, 11) is -2.32. The van der Waals surface area contributed by atoms with Crippen molar-refractivity contribution in [3.05, 3.63) is 55.1 Å². The van der Waals surface area contributed by atoms with Crippen molar-refractivity contribution >= 4 is 107 Å². The molecule has 26 heteroatoms. The average Bonchev–Trinajstić information content (AvgIpc) is 3.83. The van der Waals surface area contributed by atoms with Gasteiger partial charge in [-0.05, 0) is 82.2 Å². The summed E-state index contributed by atoms with van der Waals surface area (Å²) in [5, 5.41) is 27.5. The molecule has 0 bridgehead atoms. The van der Waals surface area contributed by atoms with Gasteiger partial charge in [0.25, 0.3) is 0 Å². The van der Waals surface area contributed by atoms with Gasteiger partial charge in [0, 0.05) is 67.2 Å². The molecule has 0 unspecified atom stereocenters. The summed E-state index contributed by atoms with van der Waals surface area (Å²) in [5.74, 6) is 3.90. The van der Waals surface area contributed by atoms with Crippen LogP contribution in [0, 0.1) is 0 Å². The second-order valence-electron chi connectivity index (χ2n) is 22.3. The first kappa shape index (κ1) is 56.0. The number of carbonyl (C=O) groups excluding carboxylic acids is 3. The summed E-state index contributed by atoms with van der Waals surface area (Å²) >= 11 is 1.55. The summed E-state index contributed by atoms with van der Waals surface area (Å²) < 4.78 is 45.7. The lowest BCUT2D eigenvalue weighted by Gasteiger charge is -2.42. The normalized spacial score (nSPS) is 19.9. The molecule has 11 heterocycles. The highest BCUT2D eigenvalue weighted by molar-refractivity contribution is 7.98. The van der Waals surface area contributed by atoms with E-state index in [1.54, 1.807) is 11.8 Å². The molecule has 3 saturated carbocycles. The maximum absolute atomic E-state index is 12.5. The van der Waals surface area contributed by atoms with Crippen molar-refractivity contribution in [1.29, 1.82) is 0 Å². The van der Waals surface area contributed by atoms with Gasteiger partial charge < -0.3 is 44.8 Å². The predicted molar refractivity (Wildman–Crippen MR) is 310 cm³/mol. The fourth-order valence-corrected chi connectivity index (χ4v) is 14.2. The summed E-state index contributed by atoms with van der Waals surface area (Å²) in [6.45, 7) is 4.17. The number of nitrogens with one attached hydrogen (secondary N) is 4. The molecule has 23 nitrogen and oxygen atoms in total. The van der Waals surface area contributed by atoms with Crippen LogP contribution in [0.1, 0.15) is 117 Å². The number of carbonyl (C=O) groups is 3. The second-order valence-corrected chi connectivity index (χ2v) is 24.9. The number of amides is 3. The number of piperazine rings is 1. The number of alkyl halides is 1. The van der Waals surface area contributed by atoms with Crippen molar-refractivity contribution in [3.63, 3.8) is 0 Å². The maximum atomic E-state index is 12.5. The number of pyridine rings is 1. The third-order valence-electron chi connectivity index (χ3n) is 17.0. The Labute approximate surface area is 474 Å². The topological polar surface area (TPSA) is 285 Å². The number of aromatic nitrogens is 10. The molecule has 1 saturated heterocycles.